The van der Waals surface area contributed by atoms with Gasteiger partial charge >= 0.3 is 0 Å². The number of hydrogen-bond acceptors (Lipinski definition) is 4. The second kappa shape index (κ2) is 7.37. The summed E-state index contributed by atoms with van der Waals surface area (Å²) in [4.78, 5) is 24.4. The number of nitrogens with two attached hydrogens (primary N) is 2. The Bertz CT molecular complexity index is 940. The Morgan fingerprint density at radius 2 is 1.81 bits per heavy atom. The summed E-state index contributed by atoms with van der Waals surface area (Å²) in [5, 5.41) is 4.72. The van der Waals surface area contributed by atoms with Gasteiger partial charge < -0.3 is 16.8 Å². The van der Waals surface area contributed by atoms with E-state index >= 15 is 0 Å². The normalized spacial score (nSPS) is 11.7. The van der Waals surface area contributed by atoms with E-state index in [2.05, 4.69) is 5.32 Å². The summed E-state index contributed by atoms with van der Waals surface area (Å²) >= 11 is 1.59. The van der Waals surface area contributed by atoms with Crippen molar-refractivity contribution in [1.82, 2.24) is 0 Å². The van der Waals surface area contributed by atoms with Gasteiger partial charge in [0.1, 0.15) is 0 Å². The summed E-state index contributed by atoms with van der Waals surface area (Å²) < 4.78 is 13.6. The number of carbonyl (C=O) groups excluding carboxylic acids is 2. The first-order chi connectivity index (χ1) is 12.5. The predicted octanol–water partition coefficient (Wildman–Crippen LogP) is 3.75. The van der Waals surface area contributed by atoms with Crippen molar-refractivity contribution in [3.8, 4) is 10.4 Å². The summed E-state index contributed by atoms with van der Waals surface area (Å²) in [6.07, 6.45) is -1.90. The number of carbonyl (C=O) groups is 2. The van der Waals surface area contributed by atoms with Crippen molar-refractivity contribution in [2.75, 3.05) is 11.1 Å². The minimum atomic E-state index is -1.90. The minimum absolute atomic E-state index is 0.105. The SMILES string of the molecule is NC(=O)[C@@H](F)c1ccc(C(=O)Nc2cc(-c3cccs3)ccc2N)cc1. The fourth-order valence-corrected chi connectivity index (χ4v) is 3.15. The van der Waals surface area contributed by atoms with Crippen LogP contribution < -0.4 is 16.8 Å². The van der Waals surface area contributed by atoms with Gasteiger partial charge in [0.05, 0.1) is 11.4 Å². The van der Waals surface area contributed by atoms with Crippen LogP contribution in [0.25, 0.3) is 10.4 Å². The van der Waals surface area contributed by atoms with Crippen molar-refractivity contribution in [3.05, 3.63) is 71.1 Å². The number of benzene rings is 2. The van der Waals surface area contributed by atoms with Gasteiger partial charge in [-0.15, -0.1) is 11.3 Å². The van der Waals surface area contributed by atoms with Crippen molar-refractivity contribution < 1.29 is 14.0 Å². The second-order valence-electron chi connectivity index (χ2n) is 5.62. The highest BCUT2D eigenvalue weighted by Gasteiger charge is 2.17. The number of primary amides is 1. The number of nitrogens with one attached hydrogen (secondary N) is 1. The van der Waals surface area contributed by atoms with Crippen LogP contribution in [-0.2, 0) is 4.79 Å². The van der Waals surface area contributed by atoms with Crippen molar-refractivity contribution in [2.24, 2.45) is 5.73 Å². The average molecular weight is 369 g/mol. The average Bonchev–Trinajstić information content (AvgIpc) is 3.17. The molecule has 3 aromatic rings. The van der Waals surface area contributed by atoms with Crippen LogP contribution in [0.3, 0.4) is 0 Å². The van der Waals surface area contributed by atoms with Gasteiger partial charge in [-0.1, -0.05) is 24.3 Å². The zero-order valence-corrected chi connectivity index (χ0v) is 14.4. The third-order valence-electron chi connectivity index (χ3n) is 3.82. The van der Waals surface area contributed by atoms with E-state index in [1.54, 1.807) is 23.5 Å². The van der Waals surface area contributed by atoms with Crippen molar-refractivity contribution in [2.45, 2.75) is 6.17 Å². The molecule has 0 radical (unpaired) electrons. The zero-order chi connectivity index (χ0) is 18.7. The molecule has 1 aromatic heterocycles. The number of thiophene rings is 1. The Balaban J connectivity index is 1.79. The lowest BCUT2D eigenvalue weighted by atomic mass is 10.1. The van der Waals surface area contributed by atoms with Crippen LogP contribution in [0.2, 0.25) is 0 Å². The van der Waals surface area contributed by atoms with E-state index in [0.29, 0.717) is 16.9 Å². The van der Waals surface area contributed by atoms with Crippen LogP contribution >= 0.6 is 11.3 Å². The van der Waals surface area contributed by atoms with Crippen molar-refractivity contribution in [1.29, 1.82) is 0 Å². The van der Waals surface area contributed by atoms with Crippen LogP contribution in [0.5, 0.6) is 0 Å². The molecule has 5 nitrogen and oxygen atoms in total. The lowest BCUT2D eigenvalue weighted by Gasteiger charge is -2.11. The molecule has 26 heavy (non-hydrogen) atoms. The highest BCUT2D eigenvalue weighted by molar-refractivity contribution is 7.13. The quantitative estimate of drug-likeness (QED) is 0.597. The minimum Gasteiger partial charge on any atom is -0.397 e. The van der Waals surface area contributed by atoms with Gasteiger partial charge in [-0.2, -0.15) is 0 Å². The number of rotatable bonds is 5. The number of alkyl halides is 1. The van der Waals surface area contributed by atoms with E-state index < -0.39 is 12.1 Å². The Kier molecular flexibility index (Phi) is 4.99. The topological polar surface area (TPSA) is 98.2 Å². The molecule has 0 spiro atoms. The molecule has 0 unspecified atom stereocenters. The van der Waals surface area contributed by atoms with Crippen LogP contribution in [0, 0.1) is 0 Å². The fourth-order valence-electron chi connectivity index (χ4n) is 2.42. The third-order valence-corrected chi connectivity index (χ3v) is 4.74. The van der Waals surface area contributed by atoms with Crippen molar-refractivity contribution >= 4 is 34.5 Å². The van der Waals surface area contributed by atoms with Crippen LogP contribution in [-0.4, -0.2) is 11.8 Å². The third kappa shape index (κ3) is 3.73. The Labute approximate surface area is 153 Å². The Hall–Kier alpha value is -3.19. The summed E-state index contributed by atoms with van der Waals surface area (Å²) in [6.45, 7) is 0. The Morgan fingerprint density at radius 1 is 1.08 bits per heavy atom. The summed E-state index contributed by atoms with van der Waals surface area (Å²) in [6, 6.07) is 14.9. The van der Waals surface area contributed by atoms with Crippen molar-refractivity contribution in [3.63, 3.8) is 0 Å². The number of halogens is 1. The number of hydrogen-bond donors (Lipinski definition) is 3. The fraction of sp³-hybridized carbons (Fsp3) is 0.0526. The molecule has 5 N–H and O–H groups in total. The number of anilines is 2. The second-order valence-corrected chi connectivity index (χ2v) is 6.57. The van der Waals surface area contributed by atoms with E-state index in [-0.39, 0.29) is 11.5 Å². The lowest BCUT2D eigenvalue weighted by molar-refractivity contribution is -0.122. The molecule has 132 valence electrons. The first-order valence-electron chi connectivity index (χ1n) is 7.74. The van der Waals surface area contributed by atoms with E-state index in [4.69, 9.17) is 11.5 Å². The first kappa shape index (κ1) is 17.6. The van der Waals surface area contributed by atoms with Crippen LogP contribution in [0.1, 0.15) is 22.1 Å². The van der Waals surface area contributed by atoms with Gasteiger partial charge in [-0.25, -0.2) is 4.39 Å². The maximum atomic E-state index is 13.6. The summed E-state index contributed by atoms with van der Waals surface area (Å²) in [5.41, 5.74) is 13.2. The molecule has 7 heteroatoms. The molecule has 2 aromatic carbocycles. The predicted molar refractivity (Wildman–Crippen MR) is 102 cm³/mol. The van der Waals surface area contributed by atoms with Gasteiger partial charge in [0.15, 0.2) is 0 Å². The monoisotopic (exact) mass is 369 g/mol. The molecule has 2 amide bonds. The van der Waals surface area contributed by atoms with Gasteiger partial charge in [0.25, 0.3) is 11.8 Å². The van der Waals surface area contributed by atoms with E-state index in [1.807, 2.05) is 23.6 Å². The first-order valence-corrected chi connectivity index (χ1v) is 8.62. The highest BCUT2D eigenvalue weighted by Crippen LogP contribution is 2.30. The van der Waals surface area contributed by atoms with Crippen LogP contribution in [0.4, 0.5) is 15.8 Å². The molecule has 0 bridgehead atoms. The maximum Gasteiger partial charge on any atom is 0.256 e. The summed E-state index contributed by atoms with van der Waals surface area (Å²) in [5.74, 6) is -1.46. The van der Waals surface area contributed by atoms with E-state index in [1.165, 1.54) is 24.3 Å². The number of amides is 2. The van der Waals surface area contributed by atoms with Gasteiger partial charge in [0, 0.05) is 10.4 Å². The van der Waals surface area contributed by atoms with Gasteiger partial charge in [-0.3, -0.25) is 9.59 Å². The molecular formula is C19H16FN3O2S. The maximum absolute atomic E-state index is 13.6. The molecule has 0 aliphatic rings. The largest absolute Gasteiger partial charge is 0.397 e. The van der Waals surface area contributed by atoms with Gasteiger partial charge in [0.2, 0.25) is 6.17 Å². The standard InChI is InChI=1S/C19H16FN3O2S/c20-17(18(22)24)11-3-5-12(6-4-11)19(25)23-15-10-13(7-8-14(15)21)16-2-1-9-26-16/h1-10,17H,21H2,(H2,22,24)(H,23,25)/t17-/m0/s1. The highest BCUT2D eigenvalue weighted by atomic mass is 32.1. The Morgan fingerprint density at radius 3 is 2.42 bits per heavy atom. The molecule has 1 heterocycles. The molecule has 0 saturated carbocycles. The molecule has 0 fully saturated rings. The van der Waals surface area contributed by atoms with Crippen LogP contribution in [0.15, 0.2) is 60.0 Å². The molecular weight excluding hydrogens is 353 g/mol. The molecule has 0 saturated heterocycles. The summed E-state index contributed by atoms with van der Waals surface area (Å²) in [7, 11) is 0. The smallest absolute Gasteiger partial charge is 0.256 e. The molecule has 3 rings (SSSR count). The van der Waals surface area contributed by atoms with E-state index in [0.717, 1.165) is 10.4 Å². The van der Waals surface area contributed by atoms with E-state index in [9.17, 15) is 14.0 Å². The molecule has 0 aliphatic carbocycles. The molecule has 0 aliphatic heterocycles. The lowest BCUT2D eigenvalue weighted by Crippen LogP contribution is -2.18. The molecule has 1 atom stereocenters. The van der Waals surface area contributed by atoms with Gasteiger partial charge in [-0.05, 0) is 46.8 Å². The zero-order valence-electron chi connectivity index (χ0n) is 13.6. The number of nitrogen functional groups attached to an aromatic ring is 1.